The molecule has 41 heavy (non-hydrogen) atoms. The van der Waals surface area contributed by atoms with Crippen molar-refractivity contribution in [2.75, 3.05) is 5.32 Å². The van der Waals surface area contributed by atoms with E-state index in [-0.39, 0.29) is 33.5 Å². The van der Waals surface area contributed by atoms with Gasteiger partial charge in [-0.1, -0.05) is 11.6 Å². The van der Waals surface area contributed by atoms with Crippen molar-refractivity contribution < 1.29 is 32.9 Å². The third-order valence-corrected chi connectivity index (χ3v) is 6.74. The molecule has 1 aliphatic heterocycles. The summed E-state index contributed by atoms with van der Waals surface area (Å²) in [4.78, 5) is 30.6. The van der Waals surface area contributed by atoms with Gasteiger partial charge in [-0.05, 0) is 66.2 Å². The first-order chi connectivity index (χ1) is 19.8. The maximum atomic E-state index is 14.3. The highest BCUT2D eigenvalue weighted by atomic mass is 35.5. The molecule has 0 saturated carbocycles. The standard InChI is InChI=1S/C28H15ClF5N5O2/c29-21-3-2-17(30)10-19(21)25-24-20(27(41)38-25)7-14(13-1-4-23-35-12-36-39(23)11-13)8-22(24)37-26(40)15-5-16(28(32,33)34)9-18(31)6-15/h1-12,25H,(H,37,40)(H,38,41)/i25D. The molecule has 2 amide bonds. The van der Waals surface area contributed by atoms with Gasteiger partial charge in [0.2, 0.25) is 0 Å². The molecule has 0 spiro atoms. The molecular weight excluding hydrogens is 569 g/mol. The highest BCUT2D eigenvalue weighted by Crippen LogP contribution is 2.42. The lowest BCUT2D eigenvalue weighted by Gasteiger charge is -2.19. The third kappa shape index (κ3) is 4.86. The number of fused-ring (bicyclic) bond motifs is 2. The van der Waals surface area contributed by atoms with Crippen molar-refractivity contribution in [3.05, 3.63) is 118 Å². The minimum absolute atomic E-state index is 0.0718. The molecule has 3 heterocycles. The SMILES string of the molecule is [2H]C1(c2cc(F)ccc2Cl)NC(=O)c2cc(-c3ccc4ncnn4c3)cc(NC(=O)c3cc(F)cc(C(F)(F)F)c3)c21. The zero-order valence-electron chi connectivity index (χ0n) is 21.4. The monoisotopic (exact) mass is 584 g/mol. The Morgan fingerprint density at radius 1 is 1.02 bits per heavy atom. The summed E-state index contributed by atoms with van der Waals surface area (Å²) in [6.45, 7) is 0. The number of anilines is 1. The molecule has 5 aromatic rings. The van der Waals surface area contributed by atoms with Crippen LogP contribution >= 0.6 is 11.6 Å². The number of hydrogen-bond donors (Lipinski definition) is 2. The highest BCUT2D eigenvalue weighted by molar-refractivity contribution is 6.31. The van der Waals surface area contributed by atoms with Crippen molar-refractivity contribution in [3.8, 4) is 11.1 Å². The van der Waals surface area contributed by atoms with Crippen LogP contribution in [-0.4, -0.2) is 26.4 Å². The zero-order valence-corrected chi connectivity index (χ0v) is 21.1. The lowest BCUT2D eigenvalue weighted by molar-refractivity contribution is -0.137. The summed E-state index contributed by atoms with van der Waals surface area (Å²) in [6, 6.07) is 8.44. The van der Waals surface area contributed by atoms with Gasteiger partial charge >= 0.3 is 6.18 Å². The number of amides is 2. The molecule has 2 N–H and O–H groups in total. The summed E-state index contributed by atoms with van der Waals surface area (Å²) in [5, 5.41) is 8.89. The average Bonchev–Trinajstić information content (AvgIpc) is 3.51. The summed E-state index contributed by atoms with van der Waals surface area (Å²) < 4.78 is 79.0. The lowest BCUT2D eigenvalue weighted by atomic mass is 9.93. The second-order valence-corrected chi connectivity index (χ2v) is 9.47. The molecule has 0 bridgehead atoms. The Bertz CT molecular complexity index is 1950. The van der Waals surface area contributed by atoms with Gasteiger partial charge in [0, 0.05) is 44.7 Å². The maximum Gasteiger partial charge on any atom is 0.416 e. The van der Waals surface area contributed by atoms with E-state index in [0.29, 0.717) is 28.9 Å². The zero-order chi connectivity index (χ0) is 30.0. The first-order valence-corrected chi connectivity index (χ1v) is 12.2. The van der Waals surface area contributed by atoms with E-state index in [2.05, 4.69) is 20.7 Å². The van der Waals surface area contributed by atoms with Gasteiger partial charge in [-0.25, -0.2) is 18.3 Å². The molecule has 0 aliphatic carbocycles. The van der Waals surface area contributed by atoms with E-state index in [1.54, 1.807) is 18.3 Å². The molecule has 0 radical (unpaired) electrons. The fourth-order valence-electron chi connectivity index (χ4n) is 4.56. The number of benzene rings is 3. The van der Waals surface area contributed by atoms with Gasteiger partial charge in [0.15, 0.2) is 5.65 Å². The van der Waals surface area contributed by atoms with Crippen molar-refractivity contribution in [3.63, 3.8) is 0 Å². The van der Waals surface area contributed by atoms with Crippen LogP contribution in [0.25, 0.3) is 16.8 Å². The van der Waals surface area contributed by atoms with Crippen LogP contribution in [0.1, 0.15) is 44.8 Å². The Balaban J connectivity index is 1.54. The summed E-state index contributed by atoms with van der Waals surface area (Å²) >= 11 is 6.29. The number of alkyl halides is 3. The van der Waals surface area contributed by atoms with Crippen LogP contribution in [0.2, 0.25) is 5.02 Å². The van der Waals surface area contributed by atoms with Crippen LogP contribution in [0, 0.1) is 11.6 Å². The van der Waals surface area contributed by atoms with E-state index < -0.39 is 46.8 Å². The van der Waals surface area contributed by atoms with E-state index in [4.69, 9.17) is 11.6 Å². The normalized spacial score (nSPS) is 16.8. The highest BCUT2D eigenvalue weighted by Gasteiger charge is 2.36. The lowest BCUT2D eigenvalue weighted by Crippen LogP contribution is -2.21. The van der Waals surface area contributed by atoms with Gasteiger partial charge in [-0.15, -0.1) is 0 Å². The summed E-state index contributed by atoms with van der Waals surface area (Å²) in [7, 11) is 0. The molecule has 1 atom stereocenters. The molecule has 6 rings (SSSR count). The predicted molar refractivity (Wildman–Crippen MR) is 138 cm³/mol. The average molecular weight is 585 g/mol. The number of halogens is 6. The van der Waals surface area contributed by atoms with Gasteiger partial charge in [-0.3, -0.25) is 9.59 Å². The topological polar surface area (TPSA) is 88.4 Å². The number of carbonyl (C=O) groups excluding carboxylic acids is 2. The van der Waals surface area contributed by atoms with E-state index in [1.165, 1.54) is 29.0 Å². The predicted octanol–water partition coefficient (Wildman–Crippen LogP) is 6.43. The van der Waals surface area contributed by atoms with Crippen LogP contribution in [0.5, 0.6) is 0 Å². The molecule has 0 saturated heterocycles. The number of rotatable bonds is 4. The van der Waals surface area contributed by atoms with Crippen molar-refractivity contribution in [2.45, 2.75) is 12.2 Å². The number of nitrogens with one attached hydrogen (secondary N) is 2. The molecule has 206 valence electrons. The largest absolute Gasteiger partial charge is 0.416 e. The fraction of sp³-hybridized carbons (Fsp3) is 0.0714. The van der Waals surface area contributed by atoms with Gasteiger partial charge in [0.05, 0.1) is 13.0 Å². The number of carbonyl (C=O) groups is 2. The quantitative estimate of drug-likeness (QED) is 0.238. The molecule has 7 nitrogen and oxygen atoms in total. The molecule has 1 unspecified atom stereocenters. The van der Waals surface area contributed by atoms with Crippen molar-refractivity contribution in [2.24, 2.45) is 0 Å². The molecule has 1 aliphatic rings. The van der Waals surface area contributed by atoms with Crippen LogP contribution in [0.4, 0.5) is 27.6 Å². The van der Waals surface area contributed by atoms with Crippen molar-refractivity contribution in [1.82, 2.24) is 19.9 Å². The third-order valence-electron chi connectivity index (χ3n) is 6.41. The van der Waals surface area contributed by atoms with Crippen LogP contribution in [0.3, 0.4) is 0 Å². The van der Waals surface area contributed by atoms with Crippen molar-refractivity contribution in [1.29, 1.82) is 0 Å². The van der Waals surface area contributed by atoms with E-state index in [9.17, 15) is 32.9 Å². The number of nitrogens with zero attached hydrogens (tertiary/aromatic N) is 3. The minimum Gasteiger partial charge on any atom is -0.341 e. The van der Waals surface area contributed by atoms with Gasteiger partial charge in [0.25, 0.3) is 11.8 Å². The minimum atomic E-state index is -4.93. The Labute approximate surface area is 234 Å². The smallest absolute Gasteiger partial charge is 0.341 e. The summed E-state index contributed by atoms with van der Waals surface area (Å²) in [6.07, 6.45) is -2.02. The Morgan fingerprint density at radius 2 is 1.83 bits per heavy atom. The Kier molecular flexibility index (Phi) is 5.93. The van der Waals surface area contributed by atoms with Gasteiger partial charge < -0.3 is 10.6 Å². The van der Waals surface area contributed by atoms with Gasteiger partial charge in [-0.2, -0.15) is 18.3 Å². The van der Waals surface area contributed by atoms with E-state index >= 15 is 0 Å². The molecule has 0 fully saturated rings. The Hall–Kier alpha value is -4.84. The van der Waals surface area contributed by atoms with Crippen LogP contribution in [0.15, 0.2) is 73.2 Å². The summed E-state index contributed by atoms with van der Waals surface area (Å²) in [5.41, 5.74) is -1.27. The second-order valence-electron chi connectivity index (χ2n) is 9.06. The summed E-state index contributed by atoms with van der Waals surface area (Å²) in [5.74, 6) is -3.97. The van der Waals surface area contributed by atoms with E-state index in [1.807, 2.05) is 0 Å². The second kappa shape index (κ2) is 9.66. The molecular formula is C28H15ClF5N5O2. The Morgan fingerprint density at radius 3 is 2.61 bits per heavy atom. The van der Waals surface area contributed by atoms with Crippen LogP contribution in [-0.2, 0) is 6.18 Å². The number of aromatic nitrogens is 3. The molecule has 2 aromatic heterocycles. The van der Waals surface area contributed by atoms with Crippen molar-refractivity contribution >= 4 is 34.7 Å². The fourth-order valence-corrected chi connectivity index (χ4v) is 4.77. The molecule has 3 aromatic carbocycles. The number of pyridine rings is 1. The molecule has 13 heteroatoms. The number of hydrogen-bond acceptors (Lipinski definition) is 4. The van der Waals surface area contributed by atoms with Crippen LogP contribution < -0.4 is 10.6 Å². The maximum absolute atomic E-state index is 14.3. The van der Waals surface area contributed by atoms with E-state index in [0.717, 1.165) is 12.1 Å². The van der Waals surface area contributed by atoms with Gasteiger partial charge in [0.1, 0.15) is 18.0 Å². The first kappa shape index (κ1) is 25.1. The first-order valence-electron chi connectivity index (χ1n) is 12.3.